The molecule has 1 aromatic carbocycles. The fourth-order valence-electron chi connectivity index (χ4n) is 2.65. The highest BCUT2D eigenvalue weighted by atomic mass is 16.2. The molecule has 0 aliphatic carbocycles. The molecule has 17 heavy (non-hydrogen) atoms. The molecule has 1 aliphatic rings. The zero-order chi connectivity index (χ0) is 12.6. The van der Waals surface area contributed by atoms with Gasteiger partial charge in [0.1, 0.15) is 0 Å². The van der Waals surface area contributed by atoms with Crippen LogP contribution >= 0.6 is 0 Å². The first-order valence-electron chi connectivity index (χ1n) is 6.14. The first-order chi connectivity index (χ1) is 8.00. The van der Waals surface area contributed by atoms with Crippen molar-refractivity contribution in [2.75, 3.05) is 0 Å². The highest BCUT2D eigenvalue weighted by Gasteiger charge is 2.39. The normalized spacial score (nSPS) is 24.8. The Morgan fingerprint density at radius 3 is 2.71 bits per heavy atom. The largest absolute Gasteiger partial charge is 0.332 e. The number of benzene rings is 1. The van der Waals surface area contributed by atoms with Crippen LogP contribution in [0.5, 0.6) is 0 Å². The lowest BCUT2D eigenvalue weighted by atomic mass is 9.98. The molecule has 2 rings (SSSR count). The molecule has 1 aliphatic heterocycles. The van der Waals surface area contributed by atoms with Gasteiger partial charge in [-0.3, -0.25) is 4.79 Å². The molecule has 2 N–H and O–H groups in total. The standard InChI is InChI=1S/C14H20N2O/c1-9(2)16-13(17)8-12(15)14(16)11-6-4-5-10(3)7-11/h4-7,9,12,14H,8,15H2,1-3H3. The Bertz CT molecular complexity index is 428. The van der Waals surface area contributed by atoms with Crippen LogP contribution in [-0.4, -0.2) is 22.9 Å². The monoisotopic (exact) mass is 232 g/mol. The summed E-state index contributed by atoms with van der Waals surface area (Å²) in [7, 11) is 0. The lowest BCUT2D eigenvalue weighted by Crippen LogP contribution is -2.37. The SMILES string of the molecule is Cc1cccc(C2C(N)CC(=O)N2C(C)C)c1. The molecule has 1 amide bonds. The summed E-state index contributed by atoms with van der Waals surface area (Å²) >= 11 is 0. The molecule has 0 radical (unpaired) electrons. The van der Waals surface area contributed by atoms with E-state index in [0.717, 1.165) is 5.56 Å². The van der Waals surface area contributed by atoms with Crippen molar-refractivity contribution in [1.82, 2.24) is 4.90 Å². The van der Waals surface area contributed by atoms with Crippen LogP contribution < -0.4 is 5.73 Å². The Hall–Kier alpha value is -1.35. The number of hydrogen-bond donors (Lipinski definition) is 1. The summed E-state index contributed by atoms with van der Waals surface area (Å²) in [5.41, 5.74) is 8.47. The third-order valence-electron chi connectivity index (χ3n) is 3.34. The van der Waals surface area contributed by atoms with E-state index < -0.39 is 0 Å². The molecule has 1 aromatic rings. The lowest BCUT2D eigenvalue weighted by molar-refractivity contribution is -0.130. The minimum atomic E-state index is -0.0910. The second-order valence-electron chi connectivity index (χ2n) is 5.12. The van der Waals surface area contributed by atoms with Crippen molar-refractivity contribution >= 4 is 5.91 Å². The van der Waals surface area contributed by atoms with E-state index in [4.69, 9.17) is 5.73 Å². The molecule has 2 unspecified atom stereocenters. The summed E-state index contributed by atoms with van der Waals surface area (Å²) in [5.74, 6) is 0.166. The van der Waals surface area contributed by atoms with Gasteiger partial charge in [-0.1, -0.05) is 29.8 Å². The number of carbonyl (C=O) groups excluding carboxylic acids is 1. The maximum atomic E-state index is 11.9. The van der Waals surface area contributed by atoms with Crippen molar-refractivity contribution in [3.05, 3.63) is 35.4 Å². The van der Waals surface area contributed by atoms with Crippen molar-refractivity contribution in [2.24, 2.45) is 5.73 Å². The molecular formula is C14H20N2O. The first kappa shape index (κ1) is 12.1. The number of amides is 1. The number of nitrogens with zero attached hydrogens (tertiary/aromatic N) is 1. The van der Waals surface area contributed by atoms with E-state index in [1.807, 2.05) is 24.8 Å². The van der Waals surface area contributed by atoms with Crippen LogP contribution in [0.15, 0.2) is 24.3 Å². The number of nitrogens with two attached hydrogens (primary N) is 1. The van der Waals surface area contributed by atoms with Gasteiger partial charge in [0.05, 0.1) is 6.04 Å². The molecule has 2 atom stereocenters. The van der Waals surface area contributed by atoms with Gasteiger partial charge >= 0.3 is 0 Å². The molecule has 92 valence electrons. The number of hydrogen-bond acceptors (Lipinski definition) is 2. The summed E-state index contributed by atoms with van der Waals surface area (Å²) < 4.78 is 0. The van der Waals surface area contributed by atoms with E-state index in [2.05, 4.69) is 25.1 Å². The predicted molar refractivity (Wildman–Crippen MR) is 68.5 cm³/mol. The van der Waals surface area contributed by atoms with E-state index in [0.29, 0.717) is 6.42 Å². The highest BCUT2D eigenvalue weighted by molar-refractivity contribution is 5.80. The second-order valence-corrected chi connectivity index (χ2v) is 5.12. The number of aryl methyl sites for hydroxylation is 1. The molecule has 0 bridgehead atoms. The summed E-state index contributed by atoms with van der Waals surface area (Å²) in [6, 6.07) is 8.41. The maximum Gasteiger partial charge on any atom is 0.225 e. The van der Waals surface area contributed by atoms with Gasteiger partial charge < -0.3 is 10.6 Å². The fraction of sp³-hybridized carbons (Fsp3) is 0.500. The van der Waals surface area contributed by atoms with Gasteiger partial charge in [0, 0.05) is 18.5 Å². The smallest absolute Gasteiger partial charge is 0.225 e. The molecule has 1 saturated heterocycles. The Morgan fingerprint density at radius 2 is 2.12 bits per heavy atom. The number of carbonyl (C=O) groups is 1. The first-order valence-corrected chi connectivity index (χ1v) is 6.14. The van der Waals surface area contributed by atoms with Crippen LogP contribution in [0.4, 0.5) is 0 Å². The Morgan fingerprint density at radius 1 is 1.41 bits per heavy atom. The van der Waals surface area contributed by atoms with Crippen molar-refractivity contribution in [2.45, 2.75) is 45.3 Å². The van der Waals surface area contributed by atoms with Gasteiger partial charge in [-0.25, -0.2) is 0 Å². The van der Waals surface area contributed by atoms with E-state index in [-0.39, 0.29) is 24.0 Å². The van der Waals surface area contributed by atoms with Crippen LogP contribution in [0.2, 0.25) is 0 Å². The third kappa shape index (κ3) is 2.20. The van der Waals surface area contributed by atoms with Gasteiger partial charge in [0.25, 0.3) is 0 Å². The van der Waals surface area contributed by atoms with Gasteiger partial charge in [0.15, 0.2) is 0 Å². The summed E-state index contributed by atoms with van der Waals surface area (Å²) in [5, 5.41) is 0. The molecule has 1 fully saturated rings. The summed E-state index contributed by atoms with van der Waals surface area (Å²) in [6.07, 6.45) is 0.455. The molecular weight excluding hydrogens is 212 g/mol. The Labute approximate surface area is 103 Å². The molecule has 0 saturated carbocycles. The molecule has 3 nitrogen and oxygen atoms in total. The van der Waals surface area contributed by atoms with Crippen molar-refractivity contribution in [3.8, 4) is 0 Å². The average Bonchev–Trinajstić information content (AvgIpc) is 2.53. The Kier molecular flexibility index (Phi) is 3.20. The second kappa shape index (κ2) is 4.49. The van der Waals surface area contributed by atoms with E-state index in [1.165, 1.54) is 5.56 Å². The van der Waals surface area contributed by atoms with Crippen LogP contribution in [0.25, 0.3) is 0 Å². The third-order valence-corrected chi connectivity index (χ3v) is 3.34. The minimum absolute atomic E-state index is 0.0300. The number of rotatable bonds is 2. The van der Waals surface area contributed by atoms with E-state index in [9.17, 15) is 4.79 Å². The zero-order valence-corrected chi connectivity index (χ0v) is 10.7. The minimum Gasteiger partial charge on any atom is -0.332 e. The predicted octanol–water partition coefficient (Wildman–Crippen LogP) is 2.00. The van der Waals surface area contributed by atoms with Crippen LogP contribution in [-0.2, 0) is 4.79 Å². The van der Waals surface area contributed by atoms with E-state index in [1.54, 1.807) is 0 Å². The van der Waals surface area contributed by atoms with Gasteiger partial charge in [0.2, 0.25) is 5.91 Å². The Balaban J connectivity index is 2.38. The lowest BCUT2D eigenvalue weighted by Gasteiger charge is -2.30. The summed E-state index contributed by atoms with van der Waals surface area (Å²) in [4.78, 5) is 13.9. The van der Waals surface area contributed by atoms with Crippen LogP contribution in [0, 0.1) is 6.92 Å². The van der Waals surface area contributed by atoms with Crippen LogP contribution in [0.3, 0.4) is 0 Å². The van der Waals surface area contributed by atoms with Crippen molar-refractivity contribution in [1.29, 1.82) is 0 Å². The molecule has 0 aromatic heterocycles. The molecule has 3 heteroatoms. The van der Waals surface area contributed by atoms with Crippen LogP contribution in [0.1, 0.15) is 37.4 Å². The zero-order valence-electron chi connectivity index (χ0n) is 10.7. The average molecular weight is 232 g/mol. The van der Waals surface area contributed by atoms with Gasteiger partial charge in [-0.05, 0) is 26.3 Å². The summed E-state index contributed by atoms with van der Waals surface area (Å²) in [6.45, 7) is 6.14. The number of likely N-dealkylation sites (tertiary alicyclic amines) is 1. The topological polar surface area (TPSA) is 46.3 Å². The van der Waals surface area contributed by atoms with Crippen molar-refractivity contribution in [3.63, 3.8) is 0 Å². The molecule has 1 heterocycles. The van der Waals surface area contributed by atoms with Gasteiger partial charge in [-0.15, -0.1) is 0 Å². The van der Waals surface area contributed by atoms with E-state index >= 15 is 0 Å². The highest BCUT2D eigenvalue weighted by Crippen LogP contribution is 2.33. The molecule has 0 spiro atoms. The van der Waals surface area contributed by atoms with Gasteiger partial charge in [-0.2, -0.15) is 0 Å². The van der Waals surface area contributed by atoms with Crippen molar-refractivity contribution < 1.29 is 4.79 Å². The maximum absolute atomic E-state index is 11.9. The fourth-order valence-corrected chi connectivity index (χ4v) is 2.65. The quantitative estimate of drug-likeness (QED) is 0.847.